The van der Waals surface area contributed by atoms with Crippen LogP contribution >= 0.6 is 12.6 Å². The Morgan fingerprint density at radius 1 is 1.23 bits per heavy atom. The molecule has 0 radical (unpaired) electrons. The van der Waals surface area contributed by atoms with Gasteiger partial charge in [0.25, 0.3) is 0 Å². The van der Waals surface area contributed by atoms with E-state index in [4.69, 9.17) is 0 Å². The second kappa shape index (κ2) is 7.35. The van der Waals surface area contributed by atoms with Gasteiger partial charge >= 0.3 is 0 Å². The van der Waals surface area contributed by atoms with E-state index in [1.165, 1.54) is 0 Å². The smallest absolute Gasteiger partial charge is 0.199 e. The molecular weight excluding hydrogens is 184 g/mol. The van der Waals surface area contributed by atoms with Gasteiger partial charge in [0.15, 0.2) is 5.12 Å². The van der Waals surface area contributed by atoms with Crippen LogP contribution < -0.4 is 0 Å². The average Bonchev–Trinajstić information content (AvgIpc) is 2.05. The van der Waals surface area contributed by atoms with Gasteiger partial charge in [-0.3, -0.25) is 9.69 Å². The topological polar surface area (TPSA) is 23.6 Å². The molecule has 0 heterocycles. The normalized spacial score (nSPS) is 11.2. The summed E-state index contributed by atoms with van der Waals surface area (Å²) in [5.74, 6) is 0. The molecule has 0 aliphatic carbocycles. The minimum atomic E-state index is -0.0675. The molecule has 78 valence electrons. The molecule has 4 heteroatoms. The maximum atomic E-state index is 10.6. The van der Waals surface area contributed by atoms with Gasteiger partial charge in [0.2, 0.25) is 0 Å². The van der Waals surface area contributed by atoms with Gasteiger partial charge in [-0.1, -0.05) is 13.8 Å². The lowest BCUT2D eigenvalue weighted by Crippen LogP contribution is -2.34. The summed E-state index contributed by atoms with van der Waals surface area (Å²) in [5.41, 5.74) is 0. The van der Waals surface area contributed by atoms with Crippen molar-refractivity contribution in [3.8, 4) is 0 Å². The Bertz CT molecular complexity index is 149. The van der Waals surface area contributed by atoms with Gasteiger partial charge in [-0.2, -0.15) is 0 Å². The zero-order valence-corrected chi connectivity index (χ0v) is 9.68. The molecule has 0 aliphatic rings. The van der Waals surface area contributed by atoms with Crippen molar-refractivity contribution in [3.05, 3.63) is 0 Å². The van der Waals surface area contributed by atoms with E-state index in [2.05, 4.69) is 31.4 Å². The van der Waals surface area contributed by atoms with Crippen molar-refractivity contribution in [2.24, 2.45) is 0 Å². The highest BCUT2D eigenvalue weighted by Crippen LogP contribution is 1.90. The lowest BCUT2D eigenvalue weighted by molar-refractivity contribution is -0.111. The van der Waals surface area contributed by atoms with Crippen molar-refractivity contribution in [1.82, 2.24) is 9.80 Å². The molecule has 13 heavy (non-hydrogen) atoms. The molecule has 0 rings (SSSR count). The van der Waals surface area contributed by atoms with Crippen molar-refractivity contribution in [2.45, 2.75) is 13.8 Å². The zero-order valence-electron chi connectivity index (χ0n) is 8.79. The maximum Gasteiger partial charge on any atom is 0.199 e. The quantitative estimate of drug-likeness (QED) is 0.618. The van der Waals surface area contributed by atoms with Crippen molar-refractivity contribution < 1.29 is 4.79 Å². The Morgan fingerprint density at radius 2 is 1.77 bits per heavy atom. The molecule has 0 aromatic heterocycles. The fourth-order valence-corrected chi connectivity index (χ4v) is 1.40. The molecule has 0 spiro atoms. The Balaban J connectivity index is 3.55. The van der Waals surface area contributed by atoms with Gasteiger partial charge in [-0.15, -0.1) is 12.6 Å². The fourth-order valence-electron chi connectivity index (χ4n) is 1.16. The van der Waals surface area contributed by atoms with Crippen LogP contribution in [0.4, 0.5) is 0 Å². The van der Waals surface area contributed by atoms with E-state index in [0.29, 0.717) is 6.54 Å². The summed E-state index contributed by atoms with van der Waals surface area (Å²) in [7, 11) is 1.94. The molecule has 3 nitrogen and oxygen atoms in total. The standard InChI is InChI=1S/C9H20N2OS/c1-4-11(5-2)7-6-10(3)8-9(12)13/h4-8H2,1-3H3,(H,12,13). The molecule has 0 aromatic carbocycles. The second-order valence-corrected chi connectivity index (χ2v) is 3.66. The van der Waals surface area contributed by atoms with Crippen LogP contribution in [0, 0.1) is 0 Å². The third kappa shape index (κ3) is 7.05. The van der Waals surface area contributed by atoms with Crippen LogP contribution in [0.5, 0.6) is 0 Å². The van der Waals surface area contributed by atoms with Gasteiger partial charge < -0.3 is 4.90 Å². The number of hydrogen-bond donors (Lipinski definition) is 1. The largest absolute Gasteiger partial charge is 0.303 e. The van der Waals surface area contributed by atoms with E-state index in [9.17, 15) is 4.79 Å². The number of likely N-dealkylation sites (N-methyl/N-ethyl adjacent to an activating group) is 2. The predicted octanol–water partition coefficient (Wildman–Crippen LogP) is 0.716. The Morgan fingerprint density at radius 3 is 2.15 bits per heavy atom. The summed E-state index contributed by atoms with van der Waals surface area (Å²) in [6, 6.07) is 0. The summed E-state index contributed by atoms with van der Waals surface area (Å²) in [5, 5.41) is -0.0675. The number of nitrogens with zero attached hydrogens (tertiary/aromatic N) is 2. The first-order chi connectivity index (χ1) is 6.10. The fraction of sp³-hybridized carbons (Fsp3) is 0.889. The minimum absolute atomic E-state index is 0.0675. The highest BCUT2D eigenvalue weighted by atomic mass is 32.1. The predicted molar refractivity (Wildman–Crippen MR) is 59.3 cm³/mol. The first kappa shape index (κ1) is 12.9. The maximum absolute atomic E-state index is 10.6. The summed E-state index contributed by atoms with van der Waals surface area (Å²) in [4.78, 5) is 15.0. The van der Waals surface area contributed by atoms with Crippen molar-refractivity contribution in [2.75, 3.05) is 39.8 Å². The molecule has 0 aromatic rings. The van der Waals surface area contributed by atoms with Crippen LogP contribution in [0.3, 0.4) is 0 Å². The van der Waals surface area contributed by atoms with Crippen LogP contribution in [0.2, 0.25) is 0 Å². The number of rotatable bonds is 7. The van der Waals surface area contributed by atoms with Gasteiger partial charge in [-0.25, -0.2) is 0 Å². The lowest BCUT2D eigenvalue weighted by Gasteiger charge is -2.21. The van der Waals surface area contributed by atoms with Gasteiger partial charge in [-0.05, 0) is 20.1 Å². The number of carbonyl (C=O) groups is 1. The average molecular weight is 204 g/mol. The monoisotopic (exact) mass is 204 g/mol. The van der Waals surface area contributed by atoms with E-state index in [1.807, 2.05) is 11.9 Å². The molecule has 0 atom stereocenters. The van der Waals surface area contributed by atoms with Gasteiger partial charge in [0.1, 0.15) is 0 Å². The third-order valence-electron chi connectivity index (χ3n) is 2.10. The molecule has 0 unspecified atom stereocenters. The first-order valence-corrected chi connectivity index (χ1v) is 5.17. The van der Waals surface area contributed by atoms with Crippen molar-refractivity contribution in [1.29, 1.82) is 0 Å². The van der Waals surface area contributed by atoms with E-state index in [1.54, 1.807) is 0 Å². The second-order valence-electron chi connectivity index (χ2n) is 3.16. The summed E-state index contributed by atoms with van der Waals surface area (Å²) >= 11 is 3.73. The van der Waals surface area contributed by atoms with E-state index in [0.717, 1.165) is 26.2 Å². The van der Waals surface area contributed by atoms with Crippen LogP contribution in [0.25, 0.3) is 0 Å². The minimum Gasteiger partial charge on any atom is -0.303 e. The highest BCUT2D eigenvalue weighted by Gasteiger charge is 2.04. The van der Waals surface area contributed by atoms with E-state index >= 15 is 0 Å². The van der Waals surface area contributed by atoms with Crippen LogP contribution in [-0.2, 0) is 4.79 Å². The number of thiol groups is 1. The lowest BCUT2D eigenvalue weighted by atomic mass is 10.4. The van der Waals surface area contributed by atoms with E-state index < -0.39 is 0 Å². The Hall–Kier alpha value is -0.0600. The zero-order chi connectivity index (χ0) is 10.3. The molecule has 0 aliphatic heterocycles. The Kier molecular flexibility index (Phi) is 7.32. The molecule has 0 bridgehead atoms. The highest BCUT2D eigenvalue weighted by molar-refractivity contribution is 7.96. The molecular formula is C9H20N2OS. The molecule has 0 saturated heterocycles. The third-order valence-corrected chi connectivity index (χ3v) is 2.24. The van der Waals surface area contributed by atoms with Crippen molar-refractivity contribution in [3.63, 3.8) is 0 Å². The molecule has 0 amide bonds. The van der Waals surface area contributed by atoms with Crippen LogP contribution in [0.15, 0.2) is 0 Å². The van der Waals surface area contributed by atoms with Crippen LogP contribution in [0.1, 0.15) is 13.8 Å². The summed E-state index contributed by atoms with van der Waals surface area (Å²) in [6.07, 6.45) is 0. The summed E-state index contributed by atoms with van der Waals surface area (Å²) in [6.45, 7) is 8.81. The van der Waals surface area contributed by atoms with Crippen LogP contribution in [-0.4, -0.2) is 54.7 Å². The summed E-state index contributed by atoms with van der Waals surface area (Å²) < 4.78 is 0. The number of hydrogen-bond acceptors (Lipinski definition) is 3. The first-order valence-electron chi connectivity index (χ1n) is 4.72. The number of carbonyl (C=O) groups excluding carboxylic acids is 1. The molecule has 0 saturated carbocycles. The van der Waals surface area contributed by atoms with E-state index in [-0.39, 0.29) is 5.12 Å². The van der Waals surface area contributed by atoms with Gasteiger partial charge in [0, 0.05) is 13.1 Å². The molecule has 0 N–H and O–H groups in total. The SMILES string of the molecule is CCN(CC)CCN(C)CC(=O)S. The van der Waals surface area contributed by atoms with Gasteiger partial charge in [0.05, 0.1) is 6.54 Å². The Labute approximate surface area is 86.5 Å². The van der Waals surface area contributed by atoms with Crippen molar-refractivity contribution >= 4 is 17.7 Å². The molecule has 0 fully saturated rings.